The largest absolute Gasteiger partial charge is 0.383 e. The van der Waals surface area contributed by atoms with Crippen LogP contribution in [0.4, 0.5) is 5.69 Å². The number of carbonyl (C=O) groups is 2. The van der Waals surface area contributed by atoms with Gasteiger partial charge in [-0.3, -0.25) is 9.59 Å². The summed E-state index contributed by atoms with van der Waals surface area (Å²) in [6, 6.07) is 16.4. The van der Waals surface area contributed by atoms with E-state index in [4.69, 9.17) is 4.74 Å². The fourth-order valence-corrected chi connectivity index (χ4v) is 4.79. The van der Waals surface area contributed by atoms with Crippen molar-refractivity contribution in [1.82, 2.24) is 9.88 Å². The number of ether oxygens (including phenoxy) is 1. The monoisotopic (exact) mass is 475 g/mol. The Morgan fingerprint density at radius 2 is 1.74 bits per heavy atom. The number of hydrogen-bond donors (Lipinski definition) is 2. The van der Waals surface area contributed by atoms with Crippen LogP contribution in [0.2, 0.25) is 0 Å². The number of amides is 2. The zero-order valence-corrected chi connectivity index (χ0v) is 21.3. The fraction of sp³-hybridized carbons (Fsp3) is 0.448. The van der Waals surface area contributed by atoms with Crippen LogP contribution in [0.25, 0.3) is 10.9 Å². The van der Waals surface area contributed by atoms with Crippen LogP contribution in [-0.4, -0.2) is 36.6 Å². The molecule has 1 saturated carbocycles. The Labute approximate surface area is 208 Å². The number of fused-ring (bicyclic) bond motifs is 1. The highest BCUT2D eigenvalue weighted by atomic mass is 16.5. The Bertz CT molecular complexity index is 1180. The van der Waals surface area contributed by atoms with Gasteiger partial charge < -0.3 is 19.9 Å². The Kier molecular flexibility index (Phi) is 7.60. The van der Waals surface area contributed by atoms with Crippen molar-refractivity contribution >= 4 is 28.4 Å². The molecule has 0 radical (unpaired) electrons. The zero-order chi connectivity index (χ0) is 25.0. The van der Waals surface area contributed by atoms with Crippen molar-refractivity contribution in [3.63, 3.8) is 0 Å². The second-order valence-corrected chi connectivity index (χ2v) is 10.6. The third kappa shape index (κ3) is 5.93. The topological polar surface area (TPSA) is 72.4 Å². The van der Waals surface area contributed by atoms with Gasteiger partial charge in [-0.1, -0.05) is 57.9 Å². The molecule has 0 unspecified atom stereocenters. The van der Waals surface area contributed by atoms with Crippen molar-refractivity contribution in [2.75, 3.05) is 25.6 Å². The molecule has 2 N–H and O–H groups in total. The predicted octanol–water partition coefficient (Wildman–Crippen LogP) is 5.49. The van der Waals surface area contributed by atoms with Crippen LogP contribution >= 0.6 is 0 Å². The summed E-state index contributed by atoms with van der Waals surface area (Å²) in [5.41, 5.74) is 4.81. The summed E-state index contributed by atoms with van der Waals surface area (Å²) in [6.45, 7) is 8.08. The lowest BCUT2D eigenvalue weighted by Crippen LogP contribution is -2.29. The number of benzene rings is 2. The van der Waals surface area contributed by atoms with Gasteiger partial charge in [0, 0.05) is 42.7 Å². The van der Waals surface area contributed by atoms with E-state index in [1.807, 2.05) is 28.8 Å². The van der Waals surface area contributed by atoms with Crippen molar-refractivity contribution in [3.05, 3.63) is 65.4 Å². The van der Waals surface area contributed by atoms with E-state index in [0.29, 0.717) is 25.4 Å². The zero-order valence-electron chi connectivity index (χ0n) is 21.3. The molecule has 2 amide bonds. The Morgan fingerprint density at radius 3 is 2.40 bits per heavy atom. The number of carbonyl (C=O) groups excluding carboxylic acids is 2. The van der Waals surface area contributed by atoms with Crippen LogP contribution in [-0.2, 0) is 21.5 Å². The third-order valence-electron chi connectivity index (χ3n) is 6.88. The lowest BCUT2D eigenvalue weighted by Gasteiger charge is -2.19. The molecule has 6 heteroatoms. The van der Waals surface area contributed by atoms with Gasteiger partial charge in [0.1, 0.15) is 5.69 Å². The van der Waals surface area contributed by atoms with Crippen molar-refractivity contribution in [1.29, 1.82) is 0 Å². The van der Waals surface area contributed by atoms with E-state index in [9.17, 15) is 9.59 Å². The van der Waals surface area contributed by atoms with Gasteiger partial charge in [-0.2, -0.15) is 0 Å². The van der Waals surface area contributed by atoms with E-state index in [-0.39, 0.29) is 23.1 Å². The molecule has 2 aromatic carbocycles. The van der Waals surface area contributed by atoms with Crippen molar-refractivity contribution in [3.8, 4) is 0 Å². The van der Waals surface area contributed by atoms with Gasteiger partial charge in [0.25, 0.3) is 5.91 Å². The lowest BCUT2D eigenvalue weighted by atomic mass is 9.87. The summed E-state index contributed by atoms with van der Waals surface area (Å²) in [7, 11) is 1.62. The molecule has 0 aliphatic heterocycles. The number of nitrogens with one attached hydrogen (secondary N) is 2. The molecule has 4 rings (SSSR count). The highest BCUT2D eigenvalue weighted by Gasteiger charge is 2.23. The average molecular weight is 476 g/mol. The first-order chi connectivity index (χ1) is 16.8. The highest BCUT2D eigenvalue weighted by molar-refractivity contribution is 6.01. The van der Waals surface area contributed by atoms with E-state index in [0.717, 1.165) is 47.8 Å². The minimum Gasteiger partial charge on any atom is -0.383 e. The number of hydrogen-bond acceptors (Lipinski definition) is 3. The molecular formula is C29H37N3O3. The van der Waals surface area contributed by atoms with Gasteiger partial charge in [-0.25, -0.2) is 0 Å². The van der Waals surface area contributed by atoms with Gasteiger partial charge in [-0.15, -0.1) is 0 Å². The molecule has 0 bridgehead atoms. The van der Waals surface area contributed by atoms with Gasteiger partial charge in [0.15, 0.2) is 0 Å². The molecule has 0 atom stereocenters. The first-order valence-electron chi connectivity index (χ1n) is 12.6. The first kappa shape index (κ1) is 25.0. The van der Waals surface area contributed by atoms with Gasteiger partial charge >= 0.3 is 0 Å². The van der Waals surface area contributed by atoms with Crippen LogP contribution in [0.1, 0.15) is 68.1 Å². The minimum atomic E-state index is -0.138. The standard InChI is InChI=1S/C29H37N3O3/c1-29(2,3)23-11-9-20(10-12-23)19-32-25-14-13-24(31-27(33)21-7-5-6-8-21)17-22(25)18-26(32)28(34)30-15-16-35-4/h9-14,17-18,21H,5-8,15-16,19H2,1-4H3,(H,30,34)(H,31,33). The van der Waals surface area contributed by atoms with Gasteiger partial charge in [-0.05, 0) is 53.6 Å². The first-order valence-corrected chi connectivity index (χ1v) is 12.6. The number of methoxy groups -OCH3 is 1. The van der Waals surface area contributed by atoms with Crippen LogP contribution in [0.3, 0.4) is 0 Å². The quantitative estimate of drug-likeness (QED) is 0.423. The maximum absolute atomic E-state index is 13.1. The van der Waals surface area contributed by atoms with Crippen molar-refractivity contribution in [2.45, 2.75) is 58.4 Å². The minimum absolute atomic E-state index is 0.0877. The Hall–Kier alpha value is -3.12. The summed E-state index contributed by atoms with van der Waals surface area (Å²) in [4.78, 5) is 25.7. The van der Waals surface area contributed by atoms with E-state index in [1.54, 1.807) is 7.11 Å². The maximum atomic E-state index is 13.1. The SMILES string of the molecule is COCCNC(=O)c1cc2cc(NC(=O)C3CCCC3)ccc2n1Cc1ccc(C(C)(C)C)cc1. The predicted molar refractivity (Wildman–Crippen MR) is 141 cm³/mol. The Balaban J connectivity index is 1.63. The van der Waals surface area contributed by atoms with Gasteiger partial charge in [0.2, 0.25) is 5.91 Å². The normalized spacial score (nSPS) is 14.4. The van der Waals surface area contributed by atoms with E-state index in [2.05, 4.69) is 55.7 Å². The Morgan fingerprint density at radius 1 is 1.03 bits per heavy atom. The van der Waals surface area contributed by atoms with E-state index < -0.39 is 0 Å². The average Bonchev–Trinajstić information content (AvgIpc) is 3.48. The molecule has 1 fully saturated rings. The van der Waals surface area contributed by atoms with Crippen molar-refractivity contribution < 1.29 is 14.3 Å². The maximum Gasteiger partial charge on any atom is 0.268 e. The molecule has 1 aromatic heterocycles. The highest BCUT2D eigenvalue weighted by Crippen LogP contribution is 2.29. The molecule has 1 aliphatic rings. The molecule has 3 aromatic rings. The molecule has 1 heterocycles. The summed E-state index contributed by atoms with van der Waals surface area (Å²) >= 11 is 0. The summed E-state index contributed by atoms with van der Waals surface area (Å²) in [5, 5.41) is 6.95. The van der Waals surface area contributed by atoms with E-state index in [1.165, 1.54) is 5.56 Å². The molecule has 0 spiro atoms. The lowest BCUT2D eigenvalue weighted by molar-refractivity contribution is -0.119. The second kappa shape index (κ2) is 10.6. The number of nitrogens with zero attached hydrogens (tertiary/aromatic N) is 1. The second-order valence-electron chi connectivity index (χ2n) is 10.6. The third-order valence-corrected chi connectivity index (χ3v) is 6.88. The van der Waals surface area contributed by atoms with Crippen LogP contribution in [0, 0.1) is 5.92 Å². The number of rotatable bonds is 8. The summed E-state index contributed by atoms with van der Waals surface area (Å²) in [5.74, 6) is 0.0624. The fourth-order valence-electron chi connectivity index (χ4n) is 4.79. The molecule has 1 aliphatic carbocycles. The number of anilines is 1. The molecule has 35 heavy (non-hydrogen) atoms. The molecule has 6 nitrogen and oxygen atoms in total. The van der Waals surface area contributed by atoms with Crippen LogP contribution in [0.15, 0.2) is 48.5 Å². The molecular weight excluding hydrogens is 438 g/mol. The van der Waals surface area contributed by atoms with Crippen LogP contribution < -0.4 is 10.6 Å². The van der Waals surface area contributed by atoms with Crippen LogP contribution in [0.5, 0.6) is 0 Å². The smallest absolute Gasteiger partial charge is 0.268 e. The summed E-state index contributed by atoms with van der Waals surface area (Å²) in [6.07, 6.45) is 4.17. The molecule has 0 saturated heterocycles. The van der Waals surface area contributed by atoms with Crippen molar-refractivity contribution in [2.24, 2.45) is 5.92 Å². The van der Waals surface area contributed by atoms with Gasteiger partial charge in [0.05, 0.1) is 6.61 Å². The molecule has 186 valence electrons. The summed E-state index contributed by atoms with van der Waals surface area (Å²) < 4.78 is 7.13. The van der Waals surface area contributed by atoms with E-state index >= 15 is 0 Å². The number of aromatic nitrogens is 1.